The van der Waals surface area contributed by atoms with Crippen LogP contribution in [0.3, 0.4) is 0 Å². The molecule has 6 nitrogen and oxygen atoms in total. The van der Waals surface area contributed by atoms with E-state index in [2.05, 4.69) is 5.32 Å². The van der Waals surface area contributed by atoms with Gasteiger partial charge in [0.15, 0.2) is 0 Å². The van der Waals surface area contributed by atoms with Crippen LogP contribution in [-0.4, -0.2) is 35.2 Å². The average molecular weight is 282 g/mol. The Morgan fingerprint density at radius 2 is 1.95 bits per heavy atom. The van der Waals surface area contributed by atoms with Crippen molar-refractivity contribution >= 4 is 17.3 Å². The van der Waals surface area contributed by atoms with Crippen molar-refractivity contribution in [2.45, 2.75) is 40.2 Å². The highest BCUT2D eigenvalue weighted by atomic mass is 16.5. The maximum atomic E-state index is 11.1. The Morgan fingerprint density at radius 3 is 2.40 bits per heavy atom. The maximum Gasteiger partial charge on any atom is 0.221 e. The Balaban J connectivity index is 3.25. The Kier molecular flexibility index (Phi) is 5.79. The number of hydrogen-bond acceptors (Lipinski definition) is 5. The van der Waals surface area contributed by atoms with Crippen LogP contribution in [-0.2, 0) is 4.79 Å². The molecule has 0 bridgehead atoms. The first kappa shape index (κ1) is 16.3. The van der Waals surface area contributed by atoms with Crippen LogP contribution in [0.4, 0.5) is 11.4 Å². The molecule has 0 aliphatic carbocycles. The fraction of sp³-hybridized carbons (Fsp3) is 0.500. The molecular weight excluding hydrogens is 260 g/mol. The molecule has 0 fully saturated rings. The van der Waals surface area contributed by atoms with E-state index < -0.39 is 12.5 Å². The monoisotopic (exact) mass is 282 g/mol. The molecule has 0 saturated carbocycles. The van der Waals surface area contributed by atoms with E-state index in [1.807, 2.05) is 6.92 Å². The van der Waals surface area contributed by atoms with Crippen molar-refractivity contribution in [3.05, 3.63) is 18.2 Å². The fourth-order valence-electron chi connectivity index (χ4n) is 1.99. The number of benzene rings is 1. The van der Waals surface area contributed by atoms with Crippen molar-refractivity contribution in [2.24, 2.45) is 0 Å². The molecule has 1 aromatic rings. The Hall–Kier alpha value is -1.79. The summed E-state index contributed by atoms with van der Waals surface area (Å²) in [6, 6.07) is 5.06. The van der Waals surface area contributed by atoms with E-state index in [-0.39, 0.29) is 5.91 Å². The largest absolute Gasteiger partial charge is 0.492 e. The summed E-state index contributed by atoms with van der Waals surface area (Å²) >= 11 is 0. The number of aliphatic hydroxyl groups is 2. The summed E-state index contributed by atoms with van der Waals surface area (Å²) < 4.78 is 5.50. The van der Waals surface area contributed by atoms with Crippen molar-refractivity contribution < 1.29 is 19.7 Å². The van der Waals surface area contributed by atoms with E-state index in [1.54, 1.807) is 32.0 Å². The van der Waals surface area contributed by atoms with Crippen LogP contribution in [0.5, 0.6) is 5.75 Å². The van der Waals surface area contributed by atoms with E-state index in [1.165, 1.54) is 11.8 Å². The van der Waals surface area contributed by atoms with Gasteiger partial charge in [0.1, 0.15) is 18.2 Å². The van der Waals surface area contributed by atoms with Crippen LogP contribution in [0.15, 0.2) is 18.2 Å². The number of amides is 1. The molecule has 1 rings (SSSR count). The standard InChI is InChI=1S/C14H22N2O4/c1-5-20-14-7-6-12(15-9(2)17)8-13(14)16(10(3)18)11(4)19/h6-8,10-11,18-19H,5H2,1-4H3,(H,15,17). The van der Waals surface area contributed by atoms with Gasteiger partial charge in [0.05, 0.1) is 12.3 Å². The Labute approximate surface area is 119 Å². The van der Waals surface area contributed by atoms with Crippen molar-refractivity contribution in [3.8, 4) is 5.75 Å². The van der Waals surface area contributed by atoms with Gasteiger partial charge < -0.3 is 25.2 Å². The van der Waals surface area contributed by atoms with Crippen molar-refractivity contribution in [1.82, 2.24) is 0 Å². The van der Waals surface area contributed by atoms with Crippen molar-refractivity contribution in [3.63, 3.8) is 0 Å². The zero-order valence-electron chi connectivity index (χ0n) is 12.3. The molecular formula is C14H22N2O4. The van der Waals surface area contributed by atoms with Crippen LogP contribution in [0.25, 0.3) is 0 Å². The molecule has 2 unspecified atom stereocenters. The molecule has 0 heterocycles. The van der Waals surface area contributed by atoms with E-state index in [9.17, 15) is 15.0 Å². The van der Waals surface area contributed by atoms with E-state index in [4.69, 9.17) is 4.74 Å². The van der Waals surface area contributed by atoms with Crippen LogP contribution >= 0.6 is 0 Å². The average Bonchev–Trinajstić information content (AvgIpc) is 2.31. The molecule has 6 heteroatoms. The summed E-state index contributed by atoms with van der Waals surface area (Å²) in [4.78, 5) is 12.5. The molecule has 0 aliphatic rings. The molecule has 112 valence electrons. The van der Waals surface area contributed by atoms with Crippen molar-refractivity contribution in [1.29, 1.82) is 0 Å². The zero-order valence-corrected chi connectivity index (χ0v) is 12.3. The predicted molar refractivity (Wildman–Crippen MR) is 77.8 cm³/mol. The summed E-state index contributed by atoms with van der Waals surface area (Å²) in [7, 11) is 0. The SMILES string of the molecule is CCOc1ccc(NC(C)=O)cc1N(C(C)O)C(C)O. The van der Waals surface area contributed by atoms with E-state index in [0.29, 0.717) is 23.7 Å². The molecule has 2 atom stereocenters. The van der Waals surface area contributed by atoms with Gasteiger partial charge in [-0.25, -0.2) is 0 Å². The number of rotatable bonds is 6. The molecule has 0 radical (unpaired) electrons. The second kappa shape index (κ2) is 7.12. The minimum absolute atomic E-state index is 0.194. The predicted octanol–water partition coefficient (Wildman–Crippen LogP) is 1.53. The lowest BCUT2D eigenvalue weighted by atomic mass is 10.2. The van der Waals surface area contributed by atoms with Crippen LogP contribution in [0.1, 0.15) is 27.7 Å². The van der Waals surface area contributed by atoms with Gasteiger partial charge in [-0.3, -0.25) is 4.79 Å². The molecule has 0 aliphatic heterocycles. The molecule has 0 spiro atoms. The van der Waals surface area contributed by atoms with E-state index in [0.717, 1.165) is 0 Å². The number of hydrogen-bond donors (Lipinski definition) is 3. The molecule has 1 amide bonds. The lowest BCUT2D eigenvalue weighted by molar-refractivity contribution is -0.114. The highest BCUT2D eigenvalue weighted by molar-refractivity contribution is 5.89. The Bertz CT molecular complexity index is 452. The van der Waals surface area contributed by atoms with Gasteiger partial charge in [0.2, 0.25) is 5.91 Å². The summed E-state index contributed by atoms with van der Waals surface area (Å²) in [5.41, 5.74) is 1.09. The normalized spacial score (nSPS) is 13.5. The molecule has 3 N–H and O–H groups in total. The van der Waals surface area contributed by atoms with Gasteiger partial charge in [-0.2, -0.15) is 0 Å². The summed E-state index contributed by atoms with van der Waals surface area (Å²) in [5, 5.41) is 22.3. The third-order valence-electron chi connectivity index (χ3n) is 2.66. The third kappa shape index (κ3) is 4.11. The van der Waals surface area contributed by atoms with Crippen LogP contribution in [0.2, 0.25) is 0 Å². The first-order valence-electron chi connectivity index (χ1n) is 6.55. The van der Waals surface area contributed by atoms with E-state index >= 15 is 0 Å². The second-order valence-electron chi connectivity index (χ2n) is 4.47. The highest BCUT2D eigenvalue weighted by Gasteiger charge is 2.21. The summed E-state index contributed by atoms with van der Waals surface area (Å²) in [5.74, 6) is 0.337. The van der Waals surface area contributed by atoms with Crippen LogP contribution < -0.4 is 15.0 Å². The maximum absolute atomic E-state index is 11.1. The molecule has 1 aromatic carbocycles. The number of ether oxygens (including phenoxy) is 1. The zero-order chi connectivity index (χ0) is 15.3. The second-order valence-corrected chi connectivity index (χ2v) is 4.47. The molecule has 20 heavy (non-hydrogen) atoms. The van der Waals surface area contributed by atoms with Gasteiger partial charge >= 0.3 is 0 Å². The number of nitrogens with zero attached hydrogens (tertiary/aromatic N) is 1. The quantitative estimate of drug-likeness (QED) is 0.689. The number of aliphatic hydroxyl groups excluding tert-OH is 2. The van der Waals surface area contributed by atoms with Gasteiger partial charge in [0.25, 0.3) is 0 Å². The van der Waals surface area contributed by atoms with Gasteiger partial charge in [-0.05, 0) is 39.0 Å². The number of carbonyl (C=O) groups excluding carboxylic acids is 1. The first-order chi connectivity index (χ1) is 9.36. The summed E-state index contributed by atoms with van der Waals surface area (Å²) in [6.45, 7) is 6.82. The van der Waals surface area contributed by atoms with Gasteiger partial charge in [0, 0.05) is 12.6 Å². The lowest BCUT2D eigenvalue weighted by Gasteiger charge is -2.32. The molecule has 0 saturated heterocycles. The number of carbonyl (C=O) groups is 1. The topological polar surface area (TPSA) is 82.0 Å². The number of nitrogens with one attached hydrogen (secondary N) is 1. The van der Waals surface area contributed by atoms with Crippen LogP contribution in [0, 0.1) is 0 Å². The third-order valence-corrected chi connectivity index (χ3v) is 2.66. The lowest BCUT2D eigenvalue weighted by Crippen LogP contribution is -2.40. The number of anilines is 2. The summed E-state index contributed by atoms with van der Waals surface area (Å²) in [6.07, 6.45) is -1.80. The van der Waals surface area contributed by atoms with Gasteiger partial charge in [-0.15, -0.1) is 0 Å². The smallest absolute Gasteiger partial charge is 0.221 e. The minimum atomic E-state index is -0.901. The fourth-order valence-corrected chi connectivity index (χ4v) is 1.99. The first-order valence-corrected chi connectivity index (χ1v) is 6.55. The molecule has 0 aromatic heterocycles. The highest BCUT2D eigenvalue weighted by Crippen LogP contribution is 2.33. The minimum Gasteiger partial charge on any atom is -0.492 e. The van der Waals surface area contributed by atoms with Gasteiger partial charge in [-0.1, -0.05) is 0 Å². The van der Waals surface area contributed by atoms with Crippen molar-refractivity contribution in [2.75, 3.05) is 16.8 Å². The Morgan fingerprint density at radius 1 is 1.35 bits per heavy atom.